The van der Waals surface area contributed by atoms with Gasteiger partial charge in [-0.3, -0.25) is 4.72 Å². The van der Waals surface area contributed by atoms with Crippen molar-refractivity contribution < 1.29 is 32.6 Å². The van der Waals surface area contributed by atoms with Gasteiger partial charge in [-0.15, -0.1) is 0 Å². The number of carboxylic acids is 1. The quantitative estimate of drug-likeness (QED) is 0.751. The van der Waals surface area contributed by atoms with Gasteiger partial charge in [-0.2, -0.15) is 0 Å². The number of hydrogen-bond donors (Lipinski definition) is 2. The second kappa shape index (κ2) is 7.22. The van der Waals surface area contributed by atoms with Gasteiger partial charge in [-0.05, 0) is 42.5 Å². The predicted molar refractivity (Wildman–Crippen MR) is 88.5 cm³/mol. The lowest BCUT2D eigenvalue weighted by atomic mass is 10.2. The molecule has 0 bridgehead atoms. The Morgan fingerprint density at radius 2 is 1.68 bits per heavy atom. The van der Waals surface area contributed by atoms with E-state index in [4.69, 9.17) is 9.84 Å². The fourth-order valence-corrected chi connectivity index (χ4v) is 3.11. The normalized spacial score (nSPS) is 10.8. The molecular weight excluding hydrogens is 350 g/mol. The first-order chi connectivity index (χ1) is 11.8. The van der Waals surface area contributed by atoms with E-state index in [-0.39, 0.29) is 27.5 Å². The summed E-state index contributed by atoms with van der Waals surface area (Å²) in [5.74, 6) is -1.80. The number of rotatable bonds is 6. The van der Waals surface area contributed by atoms with Gasteiger partial charge in [-0.1, -0.05) is 0 Å². The first-order valence-electron chi connectivity index (χ1n) is 6.91. The molecule has 0 aromatic heterocycles. The van der Waals surface area contributed by atoms with Crippen molar-refractivity contribution in [1.82, 2.24) is 0 Å². The average Bonchev–Trinajstić information content (AvgIpc) is 2.60. The van der Waals surface area contributed by atoms with Crippen LogP contribution in [0.4, 0.5) is 5.69 Å². The molecule has 0 amide bonds. The van der Waals surface area contributed by atoms with Crippen molar-refractivity contribution in [3.8, 4) is 5.75 Å². The number of methoxy groups -OCH3 is 2. The van der Waals surface area contributed by atoms with E-state index in [2.05, 4.69) is 9.46 Å². The topological polar surface area (TPSA) is 119 Å². The Balaban J connectivity index is 2.31. The van der Waals surface area contributed by atoms with E-state index in [1.54, 1.807) is 0 Å². The molecule has 132 valence electrons. The Kier molecular flexibility index (Phi) is 5.28. The number of esters is 1. The molecule has 0 aliphatic carbocycles. The fraction of sp³-hybridized carbons (Fsp3) is 0.125. The van der Waals surface area contributed by atoms with Gasteiger partial charge >= 0.3 is 11.9 Å². The van der Waals surface area contributed by atoms with Crippen LogP contribution < -0.4 is 9.46 Å². The van der Waals surface area contributed by atoms with Crippen molar-refractivity contribution in [3.63, 3.8) is 0 Å². The van der Waals surface area contributed by atoms with Gasteiger partial charge < -0.3 is 14.6 Å². The molecule has 0 unspecified atom stereocenters. The molecular formula is C16H15NO7S. The van der Waals surface area contributed by atoms with E-state index < -0.39 is 22.0 Å². The van der Waals surface area contributed by atoms with Crippen LogP contribution in [0.1, 0.15) is 20.7 Å². The zero-order valence-electron chi connectivity index (χ0n) is 13.3. The highest BCUT2D eigenvalue weighted by Gasteiger charge is 2.19. The lowest BCUT2D eigenvalue weighted by Crippen LogP contribution is -2.14. The average molecular weight is 365 g/mol. The number of nitrogens with one attached hydrogen (secondary N) is 1. The number of aromatic carboxylic acids is 1. The molecule has 2 N–H and O–H groups in total. The molecule has 8 nitrogen and oxygen atoms in total. The van der Waals surface area contributed by atoms with Crippen LogP contribution in [0.2, 0.25) is 0 Å². The fourth-order valence-electron chi connectivity index (χ4n) is 2.03. The maximum Gasteiger partial charge on any atom is 0.339 e. The number of anilines is 1. The Bertz CT molecular complexity index is 905. The van der Waals surface area contributed by atoms with Crippen molar-refractivity contribution in [2.45, 2.75) is 4.90 Å². The third-order valence-electron chi connectivity index (χ3n) is 3.27. The van der Waals surface area contributed by atoms with Gasteiger partial charge in [0, 0.05) is 5.69 Å². The highest BCUT2D eigenvalue weighted by atomic mass is 32.2. The van der Waals surface area contributed by atoms with Gasteiger partial charge in [-0.25, -0.2) is 18.0 Å². The lowest BCUT2D eigenvalue weighted by molar-refractivity contribution is 0.0599. The zero-order chi connectivity index (χ0) is 18.6. The number of ether oxygens (including phenoxy) is 2. The Morgan fingerprint density at radius 1 is 1.04 bits per heavy atom. The second-order valence-corrected chi connectivity index (χ2v) is 6.52. The number of benzene rings is 2. The maximum absolute atomic E-state index is 12.4. The second-order valence-electron chi connectivity index (χ2n) is 4.84. The highest BCUT2D eigenvalue weighted by molar-refractivity contribution is 7.92. The van der Waals surface area contributed by atoms with Crippen molar-refractivity contribution in [2.24, 2.45) is 0 Å². The number of carbonyl (C=O) groups is 2. The lowest BCUT2D eigenvalue weighted by Gasteiger charge is -2.11. The minimum absolute atomic E-state index is 0.0499. The van der Waals surface area contributed by atoms with Crippen LogP contribution in [0.15, 0.2) is 47.4 Å². The maximum atomic E-state index is 12.4. The van der Waals surface area contributed by atoms with Crippen LogP contribution in [-0.2, 0) is 14.8 Å². The third-order valence-corrected chi connectivity index (χ3v) is 4.65. The van der Waals surface area contributed by atoms with Crippen molar-refractivity contribution >= 4 is 27.6 Å². The minimum atomic E-state index is -4.02. The van der Waals surface area contributed by atoms with E-state index >= 15 is 0 Å². The molecule has 0 aliphatic heterocycles. The van der Waals surface area contributed by atoms with E-state index in [1.807, 2.05) is 0 Å². The SMILES string of the molecule is COC(=O)c1ccc(NS(=O)(=O)c2ccc(OC)c(C(=O)O)c2)cc1. The van der Waals surface area contributed by atoms with Crippen LogP contribution in [0.25, 0.3) is 0 Å². The third kappa shape index (κ3) is 4.07. The summed E-state index contributed by atoms with van der Waals surface area (Å²) in [5.41, 5.74) is 0.204. The summed E-state index contributed by atoms with van der Waals surface area (Å²) in [7, 11) is -1.49. The summed E-state index contributed by atoms with van der Waals surface area (Å²) in [5, 5.41) is 9.14. The summed E-state index contributed by atoms with van der Waals surface area (Å²) in [4.78, 5) is 22.3. The minimum Gasteiger partial charge on any atom is -0.496 e. The van der Waals surface area contributed by atoms with E-state index in [1.165, 1.54) is 50.6 Å². The Hall–Kier alpha value is -3.07. The molecule has 0 saturated carbocycles. The summed E-state index contributed by atoms with van der Waals surface area (Å²) in [6.07, 6.45) is 0. The molecule has 2 aromatic carbocycles. The van der Waals surface area contributed by atoms with Gasteiger partial charge in [0.15, 0.2) is 0 Å². The summed E-state index contributed by atoms with van der Waals surface area (Å²) in [6, 6.07) is 9.10. The van der Waals surface area contributed by atoms with E-state index in [0.717, 1.165) is 6.07 Å². The molecule has 0 atom stereocenters. The number of hydrogen-bond acceptors (Lipinski definition) is 6. The van der Waals surface area contributed by atoms with Crippen molar-refractivity contribution in [3.05, 3.63) is 53.6 Å². The smallest absolute Gasteiger partial charge is 0.339 e. The standard InChI is InChI=1S/C16H15NO7S/c1-23-14-8-7-12(9-13(14)15(18)19)25(21,22)17-11-5-3-10(4-6-11)16(20)24-2/h3-9,17H,1-2H3,(H,18,19). The largest absolute Gasteiger partial charge is 0.496 e. The molecule has 0 spiro atoms. The monoisotopic (exact) mass is 365 g/mol. The van der Waals surface area contributed by atoms with Crippen LogP contribution in [-0.4, -0.2) is 39.7 Å². The zero-order valence-corrected chi connectivity index (χ0v) is 14.2. The molecule has 9 heteroatoms. The van der Waals surface area contributed by atoms with Crippen LogP contribution in [0.3, 0.4) is 0 Å². The van der Waals surface area contributed by atoms with Gasteiger partial charge in [0.1, 0.15) is 11.3 Å². The van der Waals surface area contributed by atoms with Crippen molar-refractivity contribution in [2.75, 3.05) is 18.9 Å². The van der Waals surface area contributed by atoms with Gasteiger partial charge in [0.05, 0.1) is 24.7 Å². The molecule has 2 aromatic rings. The van der Waals surface area contributed by atoms with Crippen LogP contribution >= 0.6 is 0 Å². The Labute approximate surface area is 144 Å². The molecule has 25 heavy (non-hydrogen) atoms. The number of carbonyl (C=O) groups excluding carboxylic acids is 1. The van der Waals surface area contributed by atoms with E-state index in [9.17, 15) is 18.0 Å². The van der Waals surface area contributed by atoms with Gasteiger partial charge in [0.25, 0.3) is 10.0 Å². The van der Waals surface area contributed by atoms with Crippen LogP contribution in [0.5, 0.6) is 5.75 Å². The molecule has 2 rings (SSSR count). The number of sulfonamides is 1. The summed E-state index contributed by atoms with van der Waals surface area (Å²) < 4.78 is 36.6. The first-order valence-corrected chi connectivity index (χ1v) is 8.39. The first kappa shape index (κ1) is 18.3. The highest BCUT2D eigenvalue weighted by Crippen LogP contribution is 2.24. The van der Waals surface area contributed by atoms with E-state index in [0.29, 0.717) is 0 Å². The molecule has 0 fully saturated rings. The molecule has 0 aliphatic rings. The molecule has 0 saturated heterocycles. The summed E-state index contributed by atoms with van der Waals surface area (Å²) >= 11 is 0. The summed E-state index contributed by atoms with van der Waals surface area (Å²) in [6.45, 7) is 0. The number of carboxylic acid groups (broad SMARTS) is 1. The van der Waals surface area contributed by atoms with Crippen molar-refractivity contribution in [1.29, 1.82) is 0 Å². The molecule has 0 radical (unpaired) electrons. The molecule has 0 heterocycles. The predicted octanol–water partition coefficient (Wildman–Crippen LogP) is 1.98. The van der Waals surface area contributed by atoms with Gasteiger partial charge in [0.2, 0.25) is 0 Å². The Morgan fingerprint density at radius 3 is 2.20 bits per heavy atom. The van der Waals surface area contributed by atoms with Crippen LogP contribution in [0, 0.1) is 0 Å².